The lowest BCUT2D eigenvalue weighted by Crippen LogP contribution is -2.44. The number of hydrogen-bond acceptors (Lipinski definition) is 5. The van der Waals surface area contributed by atoms with Crippen molar-refractivity contribution in [2.75, 3.05) is 24.8 Å². The Morgan fingerprint density at radius 1 is 1.33 bits per heavy atom. The summed E-state index contributed by atoms with van der Waals surface area (Å²) in [6.45, 7) is 2.66. The number of aromatic nitrogens is 2. The molecule has 0 aromatic carbocycles. The molecule has 1 aromatic heterocycles. The third-order valence-electron chi connectivity index (χ3n) is 3.68. The summed E-state index contributed by atoms with van der Waals surface area (Å²) >= 11 is 0. The van der Waals surface area contributed by atoms with Gasteiger partial charge in [-0.2, -0.15) is 0 Å². The minimum atomic E-state index is 0.240. The van der Waals surface area contributed by atoms with Crippen molar-refractivity contribution in [3.63, 3.8) is 0 Å². The van der Waals surface area contributed by atoms with Gasteiger partial charge in [-0.05, 0) is 25.7 Å². The van der Waals surface area contributed by atoms with Gasteiger partial charge in [0.05, 0.1) is 0 Å². The Morgan fingerprint density at radius 3 is 2.56 bits per heavy atom. The zero-order valence-electron chi connectivity index (χ0n) is 11.4. The molecule has 0 radical (unpaired) electrons. The zero-order valence-corrected chi connectivity index (χ0v) is 11.4. The van der Waals surface area contributed by atoms with Gasteiger partial charge in [0.15, 0.2) is 5.82 Å². The normalized spacial score (nSPS) is 17.1. The number of methoxy groups -OCH3 is 1. The zero-order chi connectivity index (χ0) is 13.0. The van der Waals surface area contributed by atoms with Crippen LogP contribution in [0.2, 0.25) is 0 Å². The van der Waals surface area contributed by atoms with Crippen LogP contribution in [0.25, 0.3) is 0 Å². The van der Waals surface area contributed by atoms with E-state index in [4.69, 9.17) is 4.74 Å². The highest BCUT2D eigenvalue weighted by Gasteiger charge is 2.35. The maximum atomic E-state index is 5.10. The molecule has 18 heavy (non-hydrogen) atoms. The molecule has 5 nitrogen and oxygen atoms in total. The van der Waals surface area contributed by atoms with Gasteiger partial charge in [-0.1, -0.05) is 6.92 Å². The van der Waals surface area contributed by atoms with Gasteiger partial charge >= 0.3 is 0 Å². The van der Waals surface area contributed by atoms with Gasteiger partial charge in [0, 0.05) is 25.8 Å². The number of nitrogens with one attached hydrogen (secondary N) is 2. The van der Waals surface area contributed by atoms with Crippen molar-refractivity contribution in [3.8, 4) is 0 Å². The van der Waals surface area contributed by atoms with Crippen molar-refractivity contribution in [1.29, 1.82) is 0 Å². The lowest BCUT2D eigenvalue weighted by atomic mass is 9.75. The summed E-state index contributed by atoms with van der Waals surface area (Å²) < 4.78 is 5.10. The number of rotatable bonds is 6. The third kappa shape index (κ3) is 2.72. The Labute approximate surface area is 108 Å². The van der Waals surface area contributed by atoms with E-state index in [1.807, 2.05) is 13.1 Å². The molecule has 1 aliphatic rings. The van der Waals surface area contributed by atoms with E-state index >= 15 is 0 Å². The number of hydrogen-bond donors (Lipinski definition) is 2. The van der Waals surface area contributed by atoms with Crippen molar-refractivity contribution in [3.05, 3.63) is 11.9 Å². The Kier molecular flexibility index (Phi) is 4.01. The molecule has 5 heteroatoms. The molecule has 1 fully saturated rings. The largest absolute Gasteiger partial charge is 0.377 e. The molecule has 100 valence electrons. The quantitative estimate of drug-likeness (QED) is 0.812. The Bertz CT molecular complexity index is 398. The summed E-state index contributed by atoms with van der Waals surface area (Å²) in [7, 11) is 3.52. The lowest BCUT2D eigenvalue weighted by molar-refractivity contribution is 0.178. The third-order valence-corrected chi connectivity index (χ3v) is 3.68. The van der Waals surface area contributed by atoms with Gasteiger partial charge in [-0.15, -0.1) is 0 Å². The van der Waals surface area contributed by atoms with Crippen molar-refractivity contribution in [2.24, 2.45) is 0 Å². The molecule has 0 saturated heterocycles. The second kappa shape index (κ2) is 5.52. The van der Waals surface area contributed by atoms with E-state index in [1.165, 1.54) is 19.3 Å². The number of ether oxygens (including phenoxy) is 1. The fraction of sp³-hybridized carbons (Fsp3) is 0.692. The van der Waals surface area contributed by atoms with Crippen LogP contribution >= 0.6 is 0 Å². The van der Waals surface area contributed by atoms with Gasteiger partial charge in [-0.25, -0.2) is 9.97 Å². The standard InChI is InChI=1S/C13H22N4O/c1-4-13(6-5-7-13)17-11-8-10(14-2)15-12(16-11)9-18-3/h8H,4-7,9H2,1-3H3,(H2,14,15,16,17). The van der Waals surface area contributed by atoms with E-state index in [2.05, 4.69) is 27.5 Å². The van der Waals surface area contributed by atoms with E-state index in [0.717, 1.165) is 18.1 Å². The van der Waals surface area contributed by atoms with E-state index in [-0.39, 0.29) is 5.54 Å². The molecular weight excluding hydrogens is 228 g/mol. The van der Waals surface area contributed by atoms with Crippen molar-refractivity contribution < 1.29 is 4.74 Å². The monoisotopic (exact) mass is 250 g/mol. The average Bonchev–Trinajstić information content (AvgIpc) is 2.34. The highest BCUT2D eigenvalue weighted by molar-refractivity contribution is 5.49. The maximum Gasteiger partial charge on any atom is 0.158 e. The Hall–Kier alpha value is -1.36. The fourth-order valence-electron chi connectivity index (χ4n) is 2.33. The first-order chi connectivity index (χ1) is 8.71. The SMILES string of the molecule is CCC1(Nc2cc(NC)nc(COC)n2)CCC1. The number of anilines is 2. The molecular formula is C13H22N4O. The molecule has 0 unspecified atom stereocenters. The van der Waals surface area contributed by atoms with Crippen molar-refractivity contribution in [1.82, 2.24) is 9.97 Å². The van der Waals surface area contributed by atoms with E-state index in [0.29, 0.717) is 12.4 Å². The molecule has 0 amide bonds. The van der Waals surface area contributed by atoms with Gasteiger partial charge in [0.25, 0.3) is 0 Å². The molecule has 0 spiro atoms. The molecule has 0 aliphatic heterocycles. The average molecular weight is 250 g/mol. The molecule has 0 bridgehead atoms. The van der Waals surface area contributed by atoms with Crippen LogP contribution in [-0.4, -0.2) is 29.7 Å². The second-order valence-corrected chi connectivity index (χ2v) is 4.85. The first-order valence-electron chi connectivity index (χ1n) is 6.54. The molecule has 0 atom stereocenters. The molecule has 1 heterocycles. The van der Waals surface area contributed by atoms with E-state index in [9.17, 15) is 0 Å². The van der Waals surface area contributed by atoms with Crippen molar-refractivity contribution >= 4 is 11.6 Å². The topological polar surface area (TPSA) is 59.1 Å². The second-order valence-electron chi connectivity index (χ2n) is 4.85. The van der Waals surface area contributed by atoms with Gasteiger partial charge < -0.3 is 15.4 Å². The first kappa shape index (κ1) is 13.1. The molecule has 1 aliphatic carbocycles. The first-order valence-corrected chi connectivity index (χ1v) is 6.54. The van der Waals surface area contributed by atoms with Crippen LogP contribution < -0.4 is 10.6 Å². The van der Waals surface area contributed by atoms with Crippen LogP contribution in [0.15, 0.2) is 6.07 Å². The summed E-state index contributed by atoms with van der Waals surface area (Å²) in [4.78, 5) is 8.85. The highest BCUT2D eigenvalue weighted by atomic mass is 16.5. The van der Waals surface area contributed by atoms with Crippen molar-refractivity contribution in [2.45, 2.75) is 44.8 Å². The molecule has 2 rings (SSSR count). The maximum absolute atomic E-state index is 5.10. The number of nitrogens with zero attached hydrogens (tertiary/aromatic N) is 2. The predicted molar refractivity (Wildman–Crippen MR) is 72.8 cm³/mol. The van der Waals surface area contributed by atoms with E-state index < -0.39 is 0 Å². The molecule has 2 N–H and O–H groups in total. The van der Waals surface area contributed by atoms with Crippen LogP contribution in [0.3, 0.4) is 0 Å². The Morgan fingerprint density at radius 2 is 2.06 bits per heavy atom. The van der Waals surface area contributed by atoms with Crippen LogP contribution in [-0.2, 0) is 11.3 Å². The molecule has 1 saturated carbocycles. The minimum absolute atomic E-state index is 0.240. The minimum Gasteiger partial charge on any atom is -0.377 e. The summed E-state index contributed by atoms with van der Waals surface area (Å²) in [6, 6.07) is 1.95. The lowest BCUT2D eigenvalue weighted by Gasteiger charge is -2.42. The van der Waals surface area contributed by atoms with Crippen LogP contribution in [0.4, 0.5) is 11.6 Å². The molecule has 1 aromatic rings. The van der Waals surface area contributed by atoms with Gasteiger partial charge in [0.1, 0.15) is 18.2 Å². The highest BCUT2D eigenvalue weighted by Crippen LogP contribution is 2.37. The van der Waals surface area contributed by atoms with Crippen LogP contribution in [0, 0.1) is 0 Å². The van der Waals surface area contributed by atoms with Crippen LogP contribution in [0.5, 0.6) is 0 Å². The summed E-state index contributed by atoms with van der Waals surface area (Å²) in [5.41, 5.74) is 0.240. The Balaban J connectivity index is 2.18. The van der Waals surface area contributed by atoms with E-state index in [1.54, 1.807) is 7.11 Å². The summed E-state index contributed by atoms with van der Waals surface area (Å²) in [5.74, 6) is 2.42. The predicted octanol–water partition coefficient (Wildman–Crippen LogP) is 2.41. The summed E-state index contributed by atoms with van der Waals surface area (Å²) in [5, 5.41) is 6.63. The van der Waals surface area contributed by atoms with Gasteiger partial charge in [-0.3, -0.25) is 0 Å². The van der Waals surface area contributed by atoms with Crippen LogP contribution in [0.1, 0.15) is 38.4 Å². The van der Waals surface area contributed by atoms with Gasteiger partial charge in [0.2, 0.25) is 0 Å². The smallest absolute Gasteiger partial charge is 0.158 e. The summed E-state index contributed by atoms with van der Waals surface area (Å²) in [6.07, 6.45) is 4.88. The fourth-order valence-corrected chi connectivity index (χ4v) is 2.33.